The molecule has 2 unspecified atom stereocenters. The molecule has 0 spiro atoms. The van der Waals surface area contributed by atoms with Crippen LogP contribution in [-0.2, 0) is 0 Å². The lowest BCUT2D eigenvalue weighted by Gasteiger charge is -2.22. The Morgan fingerprint density at radius 3 is 1.45 bits per heavy atom. The van der Waals surface area contributed by atoms with Gasteiger partial charge in [-0.1, -0.05) is 87.7 Å². The molecule has 0 N–H and O–H groups in total. The predicted octanol–water partition coefficient (Wildman–Crippen LogP) is 8.44. The first-order chi connectivity index (χ1) is 15.8. The minimum absolute atomic E-state index is 0.0407. The van der Waals surface area contributed by atoms with Crippen molar-refractivity contribution in [2.24, 2.45) is 10.8 Å². The first-order valence-corrected chi connectivity index (χ1v) is 12.1. The van der Waals surface area contributed by atoms with Crippen molar-refractivity contribution in [1.29, 1.82) is 0 Å². The molecule has 0 bridgehead atoms. The van der Waals surface area contributed by atoms with Crippen LogP contribution in [0.3, 0.4) is 0 Å². The zero-order valence-corrected chi connectivity index (χ0v) is 21.1. The van der Waals surface area contributed by atoms with E-state index in [1.165, 1.54) is 12.8 Å². The van der Waals surface area contributed by atoms with Crippen molar-refractivity contribution in [1.82, 2.24) is 0 Å². The highest BCUT2D eigenvalue weighted by Gasteiger charge is 2.22. The first kappa shape index (κ1) is 26.1. The standard InChI is InChI=1S/C33H38/c1-7-11-13-23-33(6)25-29(15-10-4)17-19-31(27-33)21-20-30-18-16-28(14-9-3)24-32(5,26-30)22-12-8-2/h7,16-19,24-27H,1,8,11-13,22-23H2,2-6H3. The third-order valence-electron chi connectivity index (χ3n) is 5.91. The maximum Gasteiger partial charge on any atom is 0.0218 e. The SMILES string of the molecule is C=CCCCC1(C)C=C(C#CC)C=CC(C#CC2=CC(C)(CCCC)C=C(C#CC)C=C2)=C1. The maximum absolute atomic E-state index is 3.87. The molecular weight excluding hydrogens is 396 g/mol. The fourth-order valence-electron chi connectivity index (χ4n) is 4.27. The fourth-order valence-corrected chi connectivity index (χ4v) is 4.27. The number of hydrogen-bond acceptors (Lipinski definition) is 0. The Morgan fingerprint density at radius 2 is 1.09 bits per heavy atom. The lowest BCUT2D eigenvalue weighted by molar-refractivity contribution is 0.473. The van der Waals surface area contributed by atoms with Crippen LogP contribution in [0, 0.1) is 46.4 Å². The number of hydrogen-bond donors (Lipinski definition) is 0. The van der Waals surface area contributed by atoms with Crippen molar-refractivity contribution in [3.8, 4) is 35.5 Å². The molecule has 0 saturated heterocycles. The Morgan fingerprint density at radius 1 is 0.697 bits per heavy atom. The van der Waals surface area contributed by atoms with E-state index in [-0.39, 0.29) is 10.8 Å². The van der Waals surface area contributed by atoms with Crippen molar-refractivity contribution in [3.05, 3.63) is 83.6 Å². The summed E-state index contributed by atoms with van der Waals surface area (Å²) in [5.74, 6) is 19.4. The molecule has 0 heteroatoms. The average Bonchev–Trinajstić information content (AvgIpc) is 3.03. The summed E-state index contributed by atoms with van der Waals surface area (Å²) in [6.45, 7) is 14.4. The summed E-state index contributed by atoms with van der Waals surface area (Å²) in [6.07, 6.45) is 26.2. The molecule has 170 valence electrons. The molecule has 2 rings (SSSR count). The minimum atomic E-state index is -0.0789. The van der Waals surface area contributed by atoms with Gasteiger partial charge < -0.3 is 0 Å². The maximum atomic E-state index is 3.87. The summed E-state index contributed by atoms with van der Waals surface area (Å²) in [5, 5.41) is 0. The normalized spacial score (nSPS) is 23.5. The quantitative estimate of drug-likeness (QED) is 0.214. The molecule has 0 aromatic carbocycles. The molecule has 2 aliphatic rings. The smallest absolute Gasteiger partial charge is 0.0218 e. The van der Waals surface area contributed by atoms with Crippen LogP contribution in [0.4, 0.5) is 0 Å². The van der Waals surface area contributed by atoms with Crippen LogP contribution in [0.1, 0.15) is 73.1 Å². The third-order valence-corrected chi connectivity index (χ3v) is 5.91. The summed E-state index contributed by atoms with van der Waals surface area (Å²) in [7, 11) is 0. The van der Waals surface area contributed by atoms with Gasteiger partial charge in [0.05, 0.1) is 0 Å². The van der Waals surface area contributed by atoms with E-state index in [1.807, 2.05) is 19.9 Å². The van der Waals surface area contributed by atoms with Gasteiger partial charge in [0.25, 0.3) is 0 Å². The predicted molar refractivity (Wildman–Crippen MR) is 145 cm³/mol. The highest BCUT2D eigenvalue weighted by atomic mass is 14.3. The van der Waals surface area contributed by atoms with Crippen LogP contribution in [0.5, 0.6) is 0 Å². The van der Waals surface area contributed by atoms with Crippen LogP contribution in [0.25, 0.3) is 0 Å². The summed E-state index contributed by atoms with van der Waals surface area (Å²) in [5.41, 5.74) is 4.09. The Kier molecular flexibility index (Phi) is 10.1. The second-order valence-electron chi connectivity index (χ2n) is 9.36. The van der Waals surface area contributed by atoms with E-state index in [1.54, 1.807) is 0 Å². The van der Waals surface area contributed by atoms with Crippen molar-refractivity contribution in [2.75, 3.05) is 0 Å². The summed E-state index contributed by atoms with van der Waals surface area (Å²) < 4.78 is 0. The van der Waals surface area contributed by atoms with E-state index in [4.69, 9.17) is 0 Å². The van der Waals surface area contributed by atoms with Crippen LogP contribution in [0.15, 0.2) is 83.6 Å². The lowest BCUT2D eigenvalue weighted by Crippen LogP contribution is -2.11. The molecule has 2 atom stereocenters. The van der Waals surface area contributed by atoms with Crippen LogP contribution < -0.4 is 0 Å². The fraction of sp³-hybridized carbons (Fsp3) is 0.394. The zero-order valence-electron chi connectivity index (χ0n) is 21.1. The van der Waals surface area contributed by atoms with Gasteiger partial charge in [0, 0.05) is 33.1 Å². The lowest BCUT2D eigenvalue weighted by atomic mass is 9.82. The molecular formula is C33H38. The van der Waals surface area contributed by atoms with E-state index in [0.29, 0.717) is 0 Å². The highest BCUT2D eigenvalue weighted by molar-refractivity contribution is 5.55. The van der Waals surface area contributed by atoms with Gasteiger partial charge in [0.2, 0.25) is 0 Å². The van der Waals surface area contributed by atoms with Gasteiger partial charge in [-0.3, -0.25) is 0 Å². The van der Waals surface area contributed by atoms with Gasteiger partial charge in [-0.2, -0.15) is 0 Å². The van der Waals surface area contributed by atoms with Gasteiger partial charge in [-0.15, -0.1) is 18.4 Å². The molecule has 2 aliphatic carbocycles. The van der Waals surface area contributed by atoms with E-state index >= 15 is 0 Å². The third kappa shape index (κ3) is 8.72. The van der Waals surface area contributed by atoms with E-state index in [2.05, 4.69) is 111 Å². The van der Waals surface area contributed by atoms with Crippen molar-refractivity contribution in [2.45, 2.75) is 73.1 Å². The Hall–Kier alpha value is -3.14. The molecule has 0 fully saturated rings. The number of allylic oxidation sites excluding steroid dienone is 13. The molecule has 0 aromatic rings. The molecule has 0 saturated carbocycles. The van der Waals surface area contributed by atoms with Gasteiger partial charge in [-0.25, -0.2) is 0 Å². The van der Waals surface area contributed by atoms with Gasteiger partial charge in [-0.05, 0) is 63.8 Å². The second-order valence-corrected chi connectivity index (χ2v) is 9.36. The Balaban J connectivity index is 2.41. The largest absolute Gasteiger partial charge is 0.103 e. The van der Waals surface area contributed by atoms with Crippen molar-refractivity contribution < 1.29 is 0 Å². The molecule has 0 heterocycles. The topological polar surface area (TPSA) is 0 Å². The Labute approximate surface area is 203 Å². The summed E-state index contributed by atoms with van der Waals surface area (Å²) in [6, 6.07) is 0. The van der Waals surface area contributed by atoms with Crippen LogP contribution in [-0.4, -0.2) is 0 Å². The molecule has 0 radical (unpaired) electrons. The monoisotopic (exact) mass is 434 g/mol. The second kappa shape index (κ2) is 12.8. The zero-order chi connectivity index (χ0) is 24.2. The molecule has 0 aromatic heterocycles. The molecule has 0 nitrogen and oxygen atoms in total. The van der Waals surface area contributed by atoms with E-state index in [9.17, 15) is 0 Å². The van der Waals surface area contributed by atoms with Crippen molar-refractivity contribution in [3.63, 3.8) is 0 Å². The Bertz CT molecular complexity index is 1090. The number of rotatable bonds is 7. The van der Waals surface area contributed by atoms with Gasteiger partial charge in [0.15, 0.2) is 0 Å². The van der Waals surface area contributed by atoms with Gasteiger partial charge >= 0.3 is 0 Å². The van der Waals surface area contributed by atoms with Crippen LogP contribution in [0.2, 0.25) is 0 Å². The van der Waals surface area contributed by atoms with Crippen LogP contribution >= 0.6 is 0 Å². The minimum Gasteiger partial charge on any atom is -0.103 e. The van der Waals surface area contributed by atoms with E-state index < -0.39 is 0 Å². The highest BCUT2D eigenvalue weighted by Crippen LogP contribution is 2.34. The van der Waals surface area contributed by atoms with E-state index in [0.717, 1.165) is 48.0 Å². The summed E-state index contributed by atoms with van der Waals surface area (Å²) in [4.78, 5) is 0. The number of unbranched alkanes of at least 4 members (excludes halogenated alkanes) is 2. The van der Waals surface area contributed by atoms with Gasteiger partial charge in [0.1, 0.15) is 0 Å². The molecule has 33 heavy (non-hydrogen) atoms. The molecule has 0 amide bonds. The first-order valence-electron chi connectivity index (χ1n) is 12.1. The summed E-state index contributed by atoms with van der Waals surface area (Å²) >= 11 is 0. The van der Waals surface area contributed by atoms with Crippen molar-refractivity contribution >= 4 is 0 Å². The average molecular weight is 435 g/mol. The molecule has 0 aliphatic heterocycles.